The van der Waals surface area contributed by atoms with E-state index in [1.807, 2.05) is 0 Å². The zero-order chi connectivity index (χ0) is 20.4. The van der Waals surface area contributed by atoms with Crippen molar-refractivity contribution in [1.82, 2.24) is 15.5 Å². The lowest BCUT2D eigenvalue weighted by Gasteiger charge is -2.68. The zero-order valence-corrected chi connectivity index (χ0v) is 15.9. The Bertz CT molecular complexity index is 963. The van der Waals surface area contributed by atoms with Crippen molar-refractivity contribution in [3.8, 4) is 5.75 Å². The number of aromatic nitrogens is 2. The van der Waals surface area contributed by atoms with Crippen LogP contribution in [0, 0.1) is 11.7 Å². The van der Waals surface area contributed by atoms with Gasteiger partial charge in [0.25, 0.3) is 5.91 Å². The molecule has 4 aliphatic carbocycles. The third kappa shape index (κ3) is 3.15. The van der Waals surface area contributed by atoms with Crippen LogP contribution in [0.4, 0.5) is 13.2 Å². The monoisotopic (exact) mass is 427 g/mol. The maximum Gasteiger partial charge on any atom is 0.258 e. The van der Waals surface area contributed by atoms with E-state index in [0.717, 1.165) is 6.07 Å². The van der Waals surface area contributed by atoms with E-state index in [1.165, 1.54) is 12.1 Å². The second kappa shape index (κ2) is 6.35. The smallest absolute Gasteiger partial charge is 0.258 e. The van der Waals surface area contributed by atoms with E-state index in [1.54, 1.807) is 0 Å². The number of hydrogen-bond acceptors (Lipinski definition) is 5. The minimum atomic E-state index is -2.37. The number of nitrogens with one attached hydrogen (secondary N) is 1. The molecule has 29 heavy (non-hydrogen) atoms. The fourth-order valence-electron chi connectivity index (χ4n) is 4.57. The summed E-state index contributed by atoms with van der Waals surface area (Å²) in [6.45, 7) is -0.239. The van der Waals surface area contributed by atoms with E-state index in [9.17, 15) is 18.0 Å². The van der Waals surface area contributed by atoms with Crippen LogP contribution in [0.15, 0.2) is 22.6 Å². The van der Waals surface area contributed by atoms with Gasteiger partial charge in [0.1, 0.15) is 11.6 Å². The molecule has 1 aromatic carbocycles. The number of ether oxygens (including phenoxy) is 1. The molecular formula is C19H17ClF3N3O3. The summed E-state index contributed by atoms with van der Waals surface area (Å²) >= 11 is 5.61. The highest BCUT2D eigenvalue weighted by molar-refractivity contribution is 6.30. The number of nitrogens with zero attached hydrogens (tertiary/aromatic N) is 2. The molecule has 4 saturated carbocycles. The summed E-state index contributed by atoms with van der Waals surface area (Å²) in [5.74, 6) is -0.971. The second-order valence-electron chi connectivity index (χ2n) is 8.29. The normalized spacial score (nSPS) is 31.8. The van der Waals surface area contributed by atoms with E-state index >= 15 is 0 Å². The van der Waals surface area contributed by atoms with Crippen LogP contribution in [0.25, 0.3) is 0 Å². The Balaban J connectivity index is 1.12. The SMILES string of the molecule is O=C(COc1ccc(Cl)c(F)c1)NC12CC(c3nnc([C@@H]4C[C@@H]4C(F)F)o3)(C1)C2. The van der Waals surface area contributed by atoms with Crippen LogP contribution in [0.2, 0.25) is 5.02 Å². The minimum absolute atomic E-state index is 0.0171. The molecule has 10 heteroatoms. The van der Waals surface area contributed by atoms with Crippen molar-refractivity contribution in [2.24, 2.45) is 5.92 Å². The van der Waals surface area contributed by atoms with Crippen molar-refractivity contribution in [3.63, 3.8) is 0 Å². The third-order valence-electron chi connectivity index (χ3n) is 6.07. The summed E-state index contributed by atoms with van der Waals surface area (Å²) in [6, 6.07) is 3.97. The van der Waals surface area contributed by atoms with Gasteiger partial charge in [0.15, 0.2) is 6.61 Å². The van der Waals surface area contributed by atoms with Crippen molar-refractivity contribution in [3.05, 3.63) is 40.8 Å². The number of carbonyl (C=O) groups excluding carboxylic acids is 1. The largest absolute Gasteiger partial charge is 0.484 e. The molecule has 1 amide bonds. The molecule has 0 spiro atoms. The Labute approximate surface area is 168 Å². The third-order valence-corrected chi connectivity index (χ3v) is 6.38. The molecule has 1 heterocycles. The summed E-state index contributed by atoms with van der Waals surface area (Å²) in [5.41, 5.74) is -0.598. The van der Waals surface area contributed by atoms with E-state index in [2.05, 4.69) is 15.5 Å². The Morgan fingerprint density at radius 1 is 1.34 bits per heavy atom. The molecular weight excluding hydrogens is 411 g/mol. The fraction of sp³-hybridized carbons (Fsp3) is 0.526. The van der Waals surface area contributed by atoms with Crippen molar-refractivity contribution in [2.75, 3.05) is 6.61 Å². The molecule has 2 aromatic rings. The van der Waals surface area contributed by atoms with E-state index in [4.69, 9.17) is 20.8 Å². The van der Waals surface area contributed by atoms with Gasteiger partial charge in [-0.15, -0.1) is 10.2 Å². The van der Waals surface area contributed by atoms with Gasteiger partial charge in [-0.1, -0.05) is 11.6 Å². The predicted molar refractivity (Wildman–Crippen MR) is 94.5 cm³/mol. The molecule has 154 valence electrons. The first kappa shape index (κ1) is 18.7. The van der Waals surface area contributed by atoms with E-state index < -0.39 is 18.2 Å². The molecule has 0 unspecified atom stereocenters. The maximum absolute atomic E-state index is 13.4. The molecule has 2 bridgehead atoms. The zero-order valence-electron chi connectivity index (χ0n) is 15.1. The molecule has 0 aliphatic heterocycles. The summed E-state index contributed by atoms with van der Waals surface area (Å²) in [4.78, 5) is 12.2. The standard InChI is InChI=1S/C19H17ClF3N3O3/c20-12-2-1-9(3-13(12)21)28-5-14(27)24-19-6-18(7-19,8-19)17-26-25-16(29-17)11-4-10(11)15(22)23/h1-3,10-11,15H,4-8H2,(H,24,27)/t10-,11+,18?,19?/m0/s1. The molecule has 4 fully saturated rings. The Morgan fingerprint density at radius 2 is 2.10 bits per heavy atom. The van der Waals surface area contributed by atoms with Crippen LogP contribution in [-0.2, 0) is 10.2 Å². The Kier molecular flexibility index (Phi) is 4.10. The molecule has 2 atom stereocenters. The minimum Gasteiger partial charge on any atom is -0.484 e. The molecule has 1 N–H and O–H groups in total. The van der Waals surface area contributed by atoms with Gasteiger partial charge in [-0.2, -0.15) is 0 Å². The molecule has 1 aromatic heterocycles. The average Bonchev–Trinajstić information content (AvgIpc) is 3.28. The van der Waals surface area contributed by atoms with Crippen LogP contribution in [0.5, 0.6) is 5.75 Å². The number of rotatable bonds is 7. The van der Waals surface area contributed by atoms with Gasteiger partial charge in [0.05, 0.1) is 10.4 Å². The molecule has 6 rings (SSSR count). The average molecular weight is 428 g/mol. The lowest BCUT2D eigenvalue weighted by Crippen LogP contribution is -2.77. The first-order valence-corrected chi connectivity index (χ1v) is 9.68. The number of amides is 1. The highest BCUT2D eigenvalue weighted by atomic mass is 35.5. The van der Waals surface area contributed by atoms with Gasteiger partial charge >= 0.3 is 0 Å². The van der Waals surface area contributed by atoms with Crippen LogP contribution in [0.1, 0.15) is 43.4 Å². The summed E-state index contributed by atoms with van der Waals surface area (Å²) in [7, 11) is 0. The second-order valence-corrected chi connectivity index (χ2v) is 8.70. The first-order valence-electron chi connectivity index (χ1n) is 9.30. The van der Waals surface area contributed by atoms with Crippen molar-refractivity contribution in [2.45, 2.75) is 49.0 Å². The highest BCUT2D eigenvalue weighted by Gasteiger charge is 2.72. The van der Waals surface area contributed by atoms with Crippen LogP contribution < -0.4 is 10.1 Å². The Morgan fingerprint density at radius 3 is 2.76 bits per heavy atom. The highest BCUT2D eigenvalue weighted by Crippen LogP contribution is 2.67. The summed E-state index contributed by atoms with van der Waals surface area (Å²) in [6.07, 6.45) is -0.0108. The summed E-state index contributed by atoms with van der Waals surface area (Å²) in [5, 5.41) is 10.9. The van der Waals surface area contributed by atoms with Gasteiger partial charge in [-0.3, -0.25) is 4.79 Å². The van der Waals surface area contributed by atoms with Crippen LogP contribution in [-0.4, -0.2) is 34.7 Å². The van der Waals surface area contributed by atoms with Crippen LogP contribution >= 0.6 is 11.6 Å². The lowest BCUT2D eigenvalue weighted by molar-refractivity contribution is -0.143. The molecule has 6 nitrogen and oxygen atoms in total. The first-order chi connectivity index (χ1) is 13.8. The van der Waals surface area contributed by atoms with Crippen molar-refractivity contribution >= 4 is 17.5 Å². The van der Waals surface area contributed by atoms with Gasteiger partial charge in [0, 0.05) is 23.4 Å². The summed E-state index contributed by atoms with van der Waals surface area (Å²) < 4.78 is 49.8. The van der Waals surface area contributed by atoms with E-state index in [0.29, 0.717) is 31.6 Å². The number of alkyl halides is 2. The number of halogens is 4. The maximum atomic E-state index is 13.4. The van der Waals surface area contributed by atoms with Crippen molar-refractivity contribution < 1.29 is 27.1 Å². The Hall–Kier alpha value is -2.29. The molecule has 0 radical (unpaired) electrons. The van der Waals surface area contributed by atoms with Crippen molar-refractivity contribution in [1.29, 1.82) is 0 Å². The van der Waals surface area contributed by atoms with Gasteiger partial charge in [-0.05, 0) is 37.8 Å². The quantitative estimate of drug-likeness (QED) is 0.730. The topological polar surface area (TPSA) is 77.2 Å². The van der Waals surface area contributed by atoms with Gasteiger partial charge in [-0.25, -0.2) is 13.2 Å². The number of benzene rings is 1. The van der Waals surface area contributed by atoms with Gasteiger partial charge in [0.2, 0.25) is 18.2 Å². The van der Waals surface area contributed by atoms with Crippen LogP contribution in [0.3, 0.4) is 0 Å². The van der Waals surface area contributed by atoms with Gasteiger partial charge < -0.3 is 14.5 Å². The predicted octanol–water partition coefficient (Wildman–Crippen LogP) is 3.60. The molecule has 0 saturated heterocycles. The number of hydrogen-bond donors (Lipinski definition) is 1. The molecule has 4 aliphatic rings. The fourth-order valence-corrected chi connectivity index (χ4v) is 4.69. The lowest BCUT2D eigenvalue weighted by atomic mass is 9.39. The van der Waals surface area contributed by atoms with E-state index in [-0.39, 0.29) is 46.0 Å². The number of carbonyl (C=O) groups is 1.